The Hall–Kier alpha value is -3.66. The maximum atomic E-state index is 5.94. The molecule has 4 heteroatoms. The maximum absolute atomic E-state index is 5.94. The van der Waals surface area contributed by atoms with Crippen molar-refractivity contribution < 1.29 is 9.15 Å². The molecule has 0 aliphatic carbocycles. The molecule has 0 aliphatic heterocycles. The molecule has 1 atom stereocenters. The van der Waals surface area contributed by atoms with Crippen LogP contribution in [0, 0.1) is 6.92 Å². The van der Waals surface area contributed by atoms with E-state index in [0.717, 1.165) is 34.0 Å². The third-order valence-corrected chi connectivity index (χ3v) is 5.46. The molecule has 4 rings (SSSR count). The molecule has 3 aromatic carbocycles. The van der Waals surface area contributed by atoms with Crippen molar-refractivity contribution in [3.05, 3.63) is 108 Å². The Morgan fingerprint density at radius 2 is 1.59 bits per heavy atom. The molecule has 4 nitrogen and oxygen atoms in total. The van der Waals surface area contributed by atoms with Crippen LogP contribution in [0.1, 0.15) is 42.5 Å². The number of aromatic nitrogens is 1. The number of rotatable bonds is 8. The third-order valence-electron chi connectivity index (χ3n) is 5.46. The summed E-state index contributed by atoms with van der Waals surface area (Å²) in [6, 6.07) is 28.5. The molecule has 0 spiro atoms. The van der Waals surface area contributed by atoms with E-state index in [2.05, 4.69) is 36.2 Å². The monoisotopic (exact) mass is 424 g/mol. The van der Waals surface area contributed by atoms with E-state index in [1.54, 1.807) is 0 Å². The normalized spacial score (nSPS) is 12.5. The lowest BCUT2D eigenvalue weighted by atomic mass is 10.1. The first-order valence-electron chi connectivity index (χ1n) is 10.9. The lowest BCUT2D eigenvalue weighted by Gasteiger charge is -2.10. The minimum atomic E-state index is 0.124. The highest BCUT2D eigenvalue weighted by molar-refractivity contribution is 5.98. The van der Waals surface area contributed by atoms with E-state index in [0.29, 0.717) is 18.9 Å². The van der Waals surface area contributed by atoms with Crippen molar-refractivity contribution in [2.24, 2.45) is 4.99 Å². The smallest absolute Gasteiger partial charge is 0.226 e. The Balaban J connectivity index is 1.34. The third kappa shape index (κ3) is 5.33. The summed E-state index contributed by atoms with van der Waals surface area (Å²) < 4.78 is 11.8. The Morgan fingerprint density at radius 3 is 2.28 bits per heavy atom. The molecule has 0 N–H and O–H groups in total. The molecule has 1 heterocycles. The molecule has 0 fully saturated rings. The van der Waals surface area contributed by atoms with Crippen LogP contribution >= 0.6 is 0 Å². The van der Waals surface area contributed by atoms with Crippen molar-refractivity contribution in [1.82, 2.24) is 4.98 Å². The van der Waals surface area contributed by atoms with E-state index in [4.69, 9.17) is 14.1 Å². The quantitative estimate of drug-likeness (QED) is 0.291. The predicted molar refractivity (Wildman–Crippen MR) is 129 cm³/mol. The van der Waals surface area contributed by atoms with E-state index in [9.17, 15) is 0 Å². The van der Waals surface area contributed by atoms with Gasteiger partial charge in [0.2, 0.25) is 5.89 Å². The fraction of sp³-hybridized carbons (Fsp3) is 0.214. The molecule has 0 bridgehead atoms. The second kappa shape index (κ2) is 10.1. The van der Waals surface area contributed by atoms with Gasteiger partial charge in [-0.2, -0.15) is 0 Å². The molecular formula is C28H28N2O2. The molecule has 0 aliphatic rings. The number of oxazole rings is 1. The van der Waals surface area contributed by atoms with Crippen LogP contribution in [-0.2, 0) is 6.42 Å². The predicted octanol–water partition coefficient (Wildman–Crippen LogP) is 6.84. The lowest BCUT2D eigenvalue weighted by molar-refractivity contribution is 0.320. The van der Waals surface area contributed by atoms with Crippen molar-refractivity contribution in [3.63, 3.8) is 0 Å². The van der Waals surface area contributed by atoms with Crippen molar-refractivity contribution in [2.75, 3.05) is 6.61 Å². The number of aryl methyl sites for hydroxylation is 1. The number of ether oxygens (including phenoxy) is 1. The van der Waals surface area contributed by atoms with Crippen LogP contribution < -0.4 is 4.74 Å². The molecule has 0 saturated heterocycles. The van der Waals surface area contributed by atoms with Gasteiger partial charge < -0.3 is 9.15 Å². The summed E-state index contributed by atoms with van der Waals surface area (Å²) in [5.74, 6) is 2.33. The first kappa shape index (κ1) is 21.6. The highest BCUT2D eigenvalue weighted by atomic mass is 16.5. The Kier molecular flexibility index (Phi) is 6.81. The van der Waals surface area contributed by atoms with Crippen molar-refractivity contribution in [1.29, 1.82) is 0 Å². The van der Waals surface area contributed by atoms with Gasteiger partial charge in [0.15, 0.2) is 0 Å². The van der Waals surface area contributed by atoms with Crippen molar-refractivity contribution in [2.45, 2.75) is 33.2 Å². The second-order valence-electron chi connectivity index (χ2n) is 7.81. The van der Waals surface area contributed by atoms with Crippen LogP contribution in [0.2, 0.25) is 0 Å². The van der Waals surface area contributed by atoms with Crippen LogP contribution in [0.15, 0.2) is 94.3 Å². The summed E-state index contributed by atoms with van der Waals surface area (Å²) >= 11 is 0. The van der Waals surface area contributed by atoms with E-state index < -0.39 is 0 Å². The van der Waals surface area contributed by atoms with Gasteiger partial charge in [-0.1, -0.05) is 48.5 Å². The van der Waals surface area contributed by atoms with Gasteiger partial charge in [-0.15, -0.1) is 0 Å². The topological polar surface area (TPSA) is 47.6 Å². The van der Waals surface area contributed by atoms with Crippen molar-refractivity contribution >= 4 is 5.71 Å². The zero-order chi connectivity index (χ0) is 22.3. The number of nitrogens with zero attached hydrogens (tertiary/aromatic N) is 2. The SMILES string of the molecule is CC(=N[C@@H](C)c1ccccc1)c1ccc(OCCc2nc(-c3ccccc3)oc2C)cc1. The maximum Gasteiger partial charge on any atom is 0.226 e. The van der Waals surface area contributed by atoms with Gasteiger partial charge in [0, 0.05) is 17.7 Å². The van der Waals surface area contributed by atoms with Crippen LogP contribution in [0.25, 0.3) is 11.5 Å². The first-order chi connectivity index (χ1) is 15.6. The molecule has 0 amide bonds. The summed E-state index contributed by atoms with van der Waals surface area (Å²) in [4.78, 5) is 9.48. The van der Waals surface area contributed by atoms with Crippen LogP contribution in [0.5, 0.6) is 5.75 Å². The fourth-order valence-electron chi connectivity index (χ4n) is 3.59. The highest BCUT2D eigenvalue weighted by Gasteiger charge is 2.11. The van der Waals surface area contributed by atoms with Gasteiger partial charge in [0.05, 0.1) is 18.3 Å². The largest absolute Gasteiger partial charge is 0.493 e. The Morgan fingerprint density at radius 1 is 0.938 bits per heavy atom. The molecule has 0 saturated carbocycles. The Labute approximate surface area is 189 Å². The van der Waals surface area contributed by atoms with E-state index in [1.165, 1.54) is 5.56 Å². The molecule has 4 aromatic rings. The van der Waals surface area contributed by atoms with Gasteiger partial charge in [-0.3, -0.25) is 4.99 Å². The number of benzene rings is 3. The van der Waals surface area contributed by atoms with Crippen LogP contribution in [-0.4, -0.2) is 17.3 Å². The van der Waals surface area contributed by atoms with Gasteiger partial charge in [-0.05, 0) is 68.3 Å². The van der Waals surface area contributed by atoms with Gasteiger partial charge >= 0.3 is 0 Å². The number of hydrogen-bond acceptors (Lipinski definition) is 4. The van der Waals surface area contributed by atoms with Gasteiger partial charge in [0.25, 0.3) is 0 Å². The molecule has 1 aromatic heterocycles. The van der Waals surface area contributed by atoms with E-state index >= 15 is 0 Å². The summed E-state index contributed by atoms with van der Waals surface area (Å²) in [7, 11) is 0. The van der Waals surface area contributed by atoms with Crippen LogP contribution in [0.3, 0.4) is 0 Å². The average Bonchev–Trinajstić information content (AvgIpc) is 3.21. The van der Waals surface area contributed by atoms with E-state index in [-0.39, 0.29) is 6.04 Å². The molecule has 32 heavy (non-hydrogen) atoms. The summed E-state index contributed by atoms with van der Waals surface area (Å²) in [6.45, 7) is 6.65. The van der Waals surface area contributed by atoms with E-state index in [1.807, 2.05) is 74.5 Å². The highest BCUT2D eigenvalue weighted by Crippen LogP contribution is 2.22. The van der Waals surface area contributed by atoms with Crippen molar-refractivity contribution in [3.8, 4) is 17.2 Å². The zero-order valence-corrected chi connectivity index (χ0v) is 18.8. The average molecular weight is 425 g/mol. The standard InChI is InChI=1S/C28H28N2O2/c1-20(23-10-6-4-7-11-23)29-21(2)24-14-16-26(17-15-24)31-19-18-27-22(3)32-28(30-27)25-12-8-5-9-13-25/h4-17,20H,18-19H2,1-3H3/t20-/m0/s1. The second-order valence-corrected chi connectivity index (χ2v) is 7.81. The molecule has 0 radical (unpaired) electrons. The summed E-state index contributed by atoms with van der Waals surface area (Å²) in [5.41, 5.74) is 5.24. The minimum absolute atomic E-state index is 0.124. The van der Waals surface area contributed by atoms with Crippen LogP contribution in [0.4, 0.5) is 0 Å². The number of hydrogen-bond donors (Lipinski definition) is 0. The summed E-state index contributed by atoms with van der Waals surface area (Å²) in [6.07, 6.45) is 0.693. The fourth-order valence-corrected chi connectivity index (χ4v) is 3.59. The summed E-state index contributed by atoms with van der Waals surface area (Å²) in [5, 5.41) is 0. The van der Waals surface area contributed by atoms with Gasteiger partial charge in [0.1, 0.15) is 11.5 Å². The minimum Gasteiger partial charge on any atom is -0.493 e. The van der Waals surface area contributed by atoms with Gasteiger partial charge in [-0.25, -0.2) is 4.98 Å². The lowest BCUT2D eigenvalue weighted by Crippen LogP contribution is -2.03. The first-order valence-corrected chi connectivity index (χ1v) is 10.9. The molecule has 162 valence electrons. The zero-order valence-electron chi connectivity index (χ0n) is 18.8. The Bertz CT molecular complexity index is 1160. The molecular weight excluding hydrogens is 396 g/mol. The number of aliphatic imine (C=N–C) groups is 1. The molecule has 0 unspecified atom stereocenters.